The van der Waals surface area contributed by atoms with Crippen molar-refractivity contribution in [3.8, 4) is 5.75 Å². The smallest absolute Gasteiger partial charge is 0.141 e. The minimum absolute atomic E-state index is 0.106. The van der Waals surface area contributed by atoms with Crippen LogP contribution in [-0.4, -0.2) is 15.8 Å². The number of ether oxygens (including phenoxy) is 1. The molecule has 1 heterocycles. The molecule has 2 atom stereocenters. The lowest BCUT2D eigenvalue weighted by molar-refractivity contribution is 0.180. The third kappa shape index (κ3) is 3.35. The van der Waals surface area contributed by atoms with E-state index in [1.54, 1.807) is 10.9 Å². The molecule has 4 heteroatoms. The molecule has 0 aliphatic heterocycles. The zero-order valence-electron chi connectivity index (χ0n) is 11.9. The van der Waals surface area contributed by atoms with Gasteiger partial charge in [-0.15, -0.1) is 0 Å². The van der Waals surface area contributed by atoms with E-state index in [-0.39, 0.29) is 12.1 Å². The largest absolute Gasteiger partial charge is 0.484 e. The summed E-state index contributed by atoms with van der Waals surface area (Å²) in [5, 5.41) is 4.18. The molecule has 0 bridgehead atoms. The third-order valence-corrected chi connectivity index (χ3v) is 2.99. The average molecular weight is 259 g/mol. The molecule has 102 valence electrons. The Bertz CT molecular complexity index is 540. The van der Waals surface area contributed by atoms with Gasteiger partial charge in [-0.25, -0.2) is 0 Å². The van der Waals surface area contributed by atoms with Gasteiger partial charge in [0, 0.05) is 24.8 Å². The molecule has 1 aromatic heterocycles. The van der Waals surface area contributed by atoms with Crippen LogP contribution in [0.25, 0.3) is 0 Å². The lowest BCUT2D eigenvalue weighted by Gasteiger charge is -2.22. The van der Waals surface area contributed by atoms with Crippen molar-refractivity contribution in [3.05, 3.63) is 47.3 Å². The number of aromatic nitrogens is 2. The second kappa shape index (κ2) is 5.45. The van der Waals surface area contributed by atoms with Gasteiger partial charge in [0.25, 0.3) is 0 Å². The summed E-state index contributed by atoms with van der Waals surface area (Å²) in [7, 11) is 1.89. The number of hydrogen-bond donors (Lipinski definition) is 1. The van der Waals surface area contributed by atoms with Crippen LogP contribution in [0, 0.1) is 13.8 Å². The van der Waals surface area contributed by atoms with E-state index in [2.05, 4.69) is 25.0 Å². The predicted octanol–water partition coefficient (Wildman–Crippen LogP) is 2.50. The van der Waals surface area contributed by atoms with E-state index in [4.69, 9.17) is 10.5 Å². The summed E-state index contributed by atoms with van der Waals surface area (Å²) in [4.78, 5) is 0. The molecule has 0 spiro atoms. The van der Waals surface area contributed by atoms with E-state index in [1.165, 1.54) is 11.1 Å². The maximum absolute atomic E-state index is 6.06. The van der Waals surface area contributed by atoms with Gasteiger partial charge in [-0.1, -0.05) is 6.07 Å². The molecule has 19 heavy (non-hydrogen) atoms. The summed E-state index contributed by atoms with van der Waals surface area (Å²) in [6.07, 6.45) is 3.56. The molecule has 0 radical (unpaired) electrons. The summed E-state index contributed by atoms with van der Waals surface area (Å²) in [6, 6.07) is 6.07. The van der Waals surface area contributed by atoms with E-state index in [1.807, 2.05) is 32.3 Å². The first-order chi connectivity index (χ1) is 8.95. The van der Waals surface area contributed by atoms with Crippen LogP contribution in [0.5, 0.6) is 5.75 Å². The molecule has 2 aromatic rings. The maximum Gasteiger partial charge on any atom is 0.141 e. The lowest BCUT2D eigenvalue weighted by Crippen LogP contribution is -2.28. The highest BCUT2D eigenvalue weighted by Gasteiger charge is 2.20. The highest BCUT2D eigenvalue weighted by atomic mass is 16.5. The molecule has 2 unspecified atom stereocenters. The fourth-order valence-electron chi connectivity index (χ4n) is 2.21. The Morgan fingerprint density at radius 1 is 1.21 bits per heavy atom. The van der Waals surface area contributed by atoms with E-state index in [0.29, 0.717) is 0 Å². The first kappa shape index (κ1) is 13.6. The molecule has 0 saturated carbocycles. The molecule has 0 amide bonds. The van der Waals surface area contributed by atoms with Gasteiger partial charge in [-0.3, -0.25) is 4.68 Å². The first-order valence-electron chi connectivity index (χ1n) is 6.45. The molecule has 0 saturated heterocycles. The van der Waals surface area contributed by atoms with Crippen molar-refractivity contribution in [1.82, 2.24) is 9.78 Å². The molecule has 2 N–H and O–H groups in total. The summed E-state index contributed by atoms with van der Waals surface area (Å²) >= 11 is 0. The summed E-state index contributed by atoms with van der Waals surface area (Å²) in [5.74, 6) is 0.851. The minimum Gasteiger partial charge on any atom is -0.484 e. The normalized spacial score (nSPS) is 14.2. The van der Waals surface area contributed by atoms with Crippen molar-refractivity contribution in [3.63, 3.8) is 0 Å². The maximum atomic E-state index is 6.06. The standard InChI is InChI=1S/C15H21N3O/c1-10-5-11(2)7-14(6-10)19-15(12(3)16)13-8-17-18(4)9-13/h5-9,12,15H,16H2,1-4H3. The van der Waals surface area contributed by atoms with Crippen LogP contribution in [0.4, 0.5) is 0 Å². The molecule has 4 nitrogen and oxygen atoms in total. The quantitative estimate of drug-likeness (QED) is 0.918. The van der Waals surface area contributed by atoms with Gasteiger partial charge in [-0.05, 0) is 44.0 Å². The zero-order chi connectivity index (χ0) is 14.0. The van der Waals surface area contributed by atoms with Crippen LogP contribution in [0.1, 0.15) is 29.7 Å². The predicted molar refractivity (Wildman–Crippen MR) is 76.1 cm³/mol. The van der Waals surface area contributed by atoms with Crippen LogP contribution in [0.2, 0.25) is 0 Å². The van der Waals surface area contributed by atoms with Gasteiger partial charge in [0.2, 0.25) is 0 Å². The van der Waals surface area contributed by atoms with Gasteiger partial charge in [0.15, 0.2) is 0 Å². The van der Waals surface area contributed by atoms with Crippen LogP contribution in [0.15, 0.2) is 30.6 Å². The van der Waals surface area contributed by atoms with E-state index < -0.39 is 0 Å². The molecular weight excluding hydrogens is 238 g/mol. The fourth-order valence-corrected chi connectivity index (χ4v) is 2.21. The number of nitrogens with zero attached hydrogens (tertiary/aromatic N) is 2. The molecule has 2 rings (SSSR count). The second-order valence-electron chi connectivity index (χ2n) is 5.17. The minimum atomic E-state index is -0.185. The molecule has 1 aromatic carbocycles. The van der Waals surface area contributed by atoms with E-state index >= 15 is 0 Å². The van der Waals surface area contributed by atoms with Crippen molar-refractivity contribution in [2.45, 2.75) is 32.9 Å². The van der Waals surface area contributed by atoms with Crippen molar-refractivity contribution in [1.29, 1.82) is 0 Å². The van der Waals surface area contributed by atoms with Crippen LogP contribution < -0.4 is 10.5 Å². The summed E-state index contributed by atoms with van der Waals surface area (Å²) in [5.41, 5.74) is 9.41. The van der Waals surface area contributed by atoms with Crippen molar-refractivity contribution >= 4 is 0 Å². The Morgan fingerprint density at radius 3 is 2.32 bits per heavy atom. The zero-order valence-corrected chi connectivity index (χ0v) is 11.9. The molecule has 0 aliphatic rings. The van der Waals surface area contributed by atoms with Crippen molar-refractivity contribution < 1.29 is 4.74 Å². The number of nitrogens with two attached hydrogens (primary N) is 1. The monoisotopic (exact) mass is 259 g/mol. The highest BCUT2D eigenvalue weighted by molar-refractivity contribution is 5.33. The van der Waals surface area contributed by atoms with Gasteiger partial charge < -0.3 is 10.5 Å². The van der Waals surface area contributed by atoms with Gasteiger partial charge in [0.1, 0.15) is 11.9 Å². The van der Waals surface area contributed by atoms with Gasteiger partial charge in [0.05, 0.1) is 6.20 Å². The lowest BCUT2D eigenvalue weighted by atomic mass is 10.1. The van der Waals surface area contributed by atoms with Crippen molar-refractivity contribution in [2.75, 3.05) is 0 Å². The Hall–Kier alpha value is -1.81. The van der Waals surface area contributed by atoms with Crippen LogP contribution in [0.3, 0.4) is 0 Å². The molecule has 0 aliphatic carbocycles. The molecular formula is C15H21N3O. The first-order valence-corrected chi connectivity index (χ1v) is 6.45. The van der Waals surface area contributed by atoms with Crippen LogP contribution >= 0.6 is 0 Å². The SMILES string of the molecule is Cc1cc(C)cc(OC(c2cnn(C)c2)C(C)N)c1. The second-order valence-corrected chi connectivity index (χ2v) is 5.17. The van der Waals surface area contributed by atoms with E-state index in [0.717, 1.165) is 11.3 Å². The van der Waals surface area contributed by atoms with E-state index in [9.17, 15) is 0 Å². The average Bonchev–Trinajstić information content (AvgIpc) is 2.70. The molecule has 0 fully saturated rings. The number of aryl methyl sites for hydroxylation is 3. The summed E-state index contributed by atoms with van der Waals surface area (Å²) < 4.78 is 7.82. The van der Waals surface area contributed by atoms with Crippen LogP contribution in [-0.2, 0) is 7.05 Å². The van der Waals surface area contributed by atoms with Gasteiger partial charge in [-0.2, -0.15) is 5.10 Å². The Balaban J connectivity index is 2.26. The number of hydrogen-bond acceptors (Lipinski definition) is 3. The Morgan fingerprint density at radius 2 is 1.84 bits per heavy atom. The highest BCUT2D eigenvalue weighted by Crippen LogP contribution is 2.25. The topological polar surface area (TPSA) is 53.1 Å². The fraction of sp³-hybridized carbons (Fsp3) is 0.400. The van der Waals surface area contributed by atoms with Crippen molar-refractivity contribution in [2.24, 2.45) is 12.8 Å². The number of benzene rings is 1. The van der Waals surface area contributed by atoms with Gasteiger partial charge >= 0.3 is 0 Å². The Kier molecular flexibility index (Phi) is 3.90. The Labute approximate surface area is 114 Å². The summed E-state index contributed by atoms with van der Waals surface area (Å²) in [6.45, 7) is 6.07. The number of rotatable bonds is 4. The third-order valence-electron chi connectivity index (χ3n) is 2.99.